The molecule has 8 heteroatoms. The molecule has 1 aliphatic rings. The van der Waals surface area contributed by atoms with Crippen LogP contribution < -0.4 is 5.63 Å². The van der Waals surface area contributed by atoms with Crippen LogP contribution in [-0.4, -0.2) is 24.5 Å². The van der Waals surface area contributed by atoms with Gasteiger partial charge in [-0.25, -0.2) is 9.48 Å². The Labute approximate surface area is 210 Å². The van der Waals surface area contributed by atoms with Gasteiger partial charge in [-0.2, -0.15) is 5.10 Å². The highest BCUT2D eigenvalue weighted by Gasteiger charge is 2.28. The van der Waals surface area contributed by atoms with E-state index in [-0.39, 0.29) is 11.7 Å². The number of ether oxygens (including phenoxy) is 2. The van der Waals surface area contributed by atoms with Crippen LogP contribution >= 0.6 is 11.3 Å². The monoisotopic (exact) mass is 508 g/mol. The average molecular weight is 509 g/mol. The molecular weight excluding hydrogens is 476 g/mol. The Morgan fingerprint density at radius 2 is 2.06 bits per heavy atom. The summed E-state index contributed by atoms with van der Waals surface area (Å²) in [6, 6.07) is 13.3. The molecule has 3 heterocycles. The van der Waals surface area contributed by atoms with Crippen molar-refractivity contribution in [2.75, 3.05) is 6.61 Å². The minimum atomic E-state index is -1.11. The van der Waals surface area contributed by atoms with E-state index in [9.17, 15) is 4.79 Å². The van der Waals surface area contributed by atoms with Crippen molar-refractivity contribution < 1.29 is 13.9 Å². The van der Waals surface area contributed by atoms with Gasteiger partial charge in [-0.15, -0.1) is 11.3 Å². The van der Waals surface area contributed by atoms with Crippen LogP contribution in [0.2, 0.25) is 25.7 Å². The first-order valence-electron chi connectivity index (χ1n) is 12.2. The van der Waals surface area contributed by atoms with E-state index >= 15 is 0 Å². The molecular formula is C27H32N2O4SSi. The molecule has 0 N–H and O–H groups in total. The van der Waals surface area contributed by atoms with Gasteiger partial charge in [0, 0.05) is 42.3 Å². The molecule has 0 fully saturated rings. The molecule has 4 aromatic rings. The van der Waals surface area contributed by atoms with Gasteiger partial charge in [0.2, 0.25) is 0 Å². The van der Waals surface area contributed by atoms with E-state index in [2.05, 4.69) is 30.8 Å². The van der Waals surface area contributed by atoms with Gasteiger partial charge in [0.25, 0.3) is 0 Å². The molecule has 0 amide bonds. The maximum atomic E-state index is 12.9. The van der Waals surface area contributed by atoms with Crippen molar-refractivity contribution in [2.45, 2.75) is 64.4 Å². The highest BCUT2D eigenvalue weighted by atomic mass is 32.1. The molecule has 0 bridgehead atoms. The second kappa shape index (κ2) is 10.2. The fourth-order valence-corrected chi connectivity index (χ4v) is 6.18. The summed E-state index contributed by atoms with van der Waals surface area (Å²) in [5.74, 6) is 0.695. The van der Waals surface area contributed by atoms with Crippen LogP contribution in [0.3, 0.4) is 0 Å². The van der Waals surface area contributed by atoms with E-state index < -0.39 is 8.07 Å². The Bertz CT molecular complexity index is 1350. The Hall–Kier alpha value is -2.52. The number of fused-ring (bicyclic) bond motifs is 3. The van der Waals surface area contributed by atoms with Crippen LogP contribution in [-0.2, 0) is 29.2 Å². The summed E-state index contributed by atoms with van der Waals surface area (Å²) in [6.45, 7) is 8.73. The summed E-state index contributed by atoms with van der Waals surface area (Å²) in [5, 5.41) is 5.45. The van der Waals surface area contributed by atoms with Crippen LogP contribution in [0.5, 0.6) is 0 Å². The van der Waals surface area contributed by atoms with Gasteiger partial charge in [-0.05, 0) is 36.9 Å². The predicted octanol–water partition coefficient (Wildman–Crippen LogP) is 6.62. The molecule has 0 saturated carbocycles. The van der Waals surface area contributed by atoms with Gasteiger partial charge < -0.3 is 13.9 Å². The summed E-state index contributed by atoms with van der Waals surface area (Å²) in [7, 11) is -1.11. The molecule has 0 radical (unpaired) electrons. The van der Waals surface area contributed by atoms with E-state index in [1.165, 1.54) is 11.3 Å². The van der Waals surface area contributed by atoms with Crippen molar-refractivity contribution in [1.29, 1.82) is 0 Å². The Morgan fingerprint density at radius 3 is 2.86 bits per heavy atom. The molecule has 6 nitrogen and oxygen atoms in total. The zero-order valence-corrected chi connectivity index (χ0v) is 22.4. The summed E-state index contributed by atoms with van der Waals surface area (Å²) < 4.78 is 20.4. The predicted molar refractivity (Wildman–Crippen MR) is 143 cm³/mol. The lowest BCUT2D eigenvalue weighted by Gasteiger charge is -2.24. The zero-order valence-electron chi connectivity index (χ0n) is 20.6. The van der Waals surface area contributed by atoms with Crippen molar-refractivity contribution >= 4 is 29.5 Å². The molecule has 0 aliphatic heterocycles. The molecule has 0 saturated heterocycles. The zero-order chi connectivity index (χ0) is 24.4. The number of thiophene rings is 1. The van der Waals surface area contributed by atoms with Crippen molar-refractivity contribution in [1.82, 2.24) is 9.78 Å². The first-order chi connectivity index (χ1) is 16.9. The third kappa shape index (κ3) is 5.67. The first-order valence-corrected chi connectivity index (χ1v) is 16.8. The number of hydrogen-bond donors (Lipinski definition) is 0. The third-order valence-corrected chi connectivity index (χ3v) is 9.23. The van der Waals surface area contributed by atoms with Gasteiger partial charge in [0.1, 0.15) is 23.3 Å². The Kier molecular flexibility index (Phi) is 7.06. The van der Waals surface area contributed by atoms with Gasteiger partial charge in [-0.3, -0.25) is 0 Å². The van der Waals surface area contributed by atoms with Crippen molar-refractivity contribution in [3.8, 4) is 10.4 Å². The number of rotatable bonds is 9. The second-order valence-corrected chi connectivity index (χ2v) is 17.1. The van der Waals surface area contributed by atoms with E-state index in [0.29, 0.717) is 23.8 Å². The van der Waals surface area contributed by atoms with Gasteiger partial charge in [0.05, 0.1) is 12.8 Å². The molecule has 35 heavy (non-hydrogen) atoms. The van der Waals surface area contributed by atoms with Crippen LogP contribution in [0.25, 0.3) is 20.5 Å². The van der Waals surface area contributed by atoms with Crippen LogP contribution in [0.4, 0.5) is 0 Å². The highest BCUT2D eigenvalue weighted by molar-refractivity contribution is 7.22. The van der Waals surface area contributed by atoms with Gasteiger partial charge in [0.15, 0.2) is 0 Å². The standard InChI is InChI=1S/C27H32N2O4SSi/c1-35(2,3)13-12-31-18-29-16-20(15-28-29)24-14-22-21-10-7-11-23(25(21)33-27(30)26(22)34-24)32-17-19-8-5-4-6-9-19/h4-6,8-9,14-16,23H,7,10-13,17-18H2,1-3H3. The fourth-order valence-electron chi connectivity index (χ4n) is 4.39. The molecule has 3 aromatic heterocycles. The maximum absolute atomic E-state index is 12.9. The Morgan fingerprint density at radius 1 is 1.23 bits per heavy atom. The summed E-state index contributed by atoms with van der Waals surface area (Å²) in [4.78, 5) is 13.9. The lowest BCUT2D eigenvalue weighted by Crippen LogP contribution is -2.22. The van der Waals surface area contributed by atoms with Crippen LogP contribution in [0, 0.1) is 0 Å². The molecule has 0 spiro atoms. The minimum absolute atomic E-state index is 0.199. The molecule has 1 aromatic carbocycles. The van der Waals surface area contributed by atoms with Crippen LogP contribution in [0.1, 0.15) is 35.8 Å². The number of hydrogen-bond acceptors (Lipinski definition) is 6. The molecule has 1 aliphatic carbocycles. The summed E-state index contributed by atoms with van der Waals surface area (Å²) in [5.41, 5.74) is 2.92. The topological polar surface area (TPSA) is 66.5 Å². The quantitative estimate of drug-likeness (QED) is 0.188. The second-order valence-electron chi connectivity index (χ2n) is 10.4. The van der Waals surface area contributed by atoms with Gasteiger partial charge in [-0.1, -0.05) is 50.0 Å². The third-order valence-electron chi connectivity index (χ3n) is 6.36. The Balaban J connectivity index is 1.35. The minimum Gasteiger partial charge on any atom is -0.424 e. The normalized spacial score (nSPS) is 16.0. The van der Waals surface area contributed by atoms with Crippen molar-refractivity contribution in [3.05, 3.63) is 76.1 Å². The van der Waals surface area contributed by atoms with Gasteiger partial charge >= 0.3 is 5.63 Å². The molecule has 5 rings (SSSR count). The van der Waals surface area contributed by atoms with E-state index in [4.69, 9.17) is 13.9 Å². The fraction of sp³-hybridized carbons (Fsp3) is 0.407. The SMILES string of the molecule is C[Si](C)(C)CCOCn1cc(-c2cc3c4c(oc(=O)c3s2)C(OCc2ccccc2)CCC4)cn1. The lowest BCUT2D eigenvalue weighted by molar-refractivity contribution is 0.0116. The largest absolute Gasteiger partial charge is 0.424 e. The van der Waals surface area contributed by atoms with E-state index in [0.717, 1.165) is 58.9 Å². The number of nitrogens with zero attached hydrogens (tertiary/aromatic N) is 2. The molecule has 184 valence electrons. The number of aryl methyl sites for hydroxylation is 1. The lowest BCUT2D eigenvalue weighted by atomic mass is 9.92. The average Bonchev–Trinajstić information content (AvgIpc) is 3.49. The van der Waals surface area contributed by atoms with E-state index in [1.807, 2.05) is 47.4 Å². The smallest absolute Gasteiger partial charge is 0.354 e. The summed E-state index contributed by atoms with van der Waals surface area (Å²) in [6.07, 6.45) is 6.38. The first kappa shape index (κ1) is 24.2. The van der Waals surface area contributed by atoms with Crippen molar-refractivity contribution in [2.24, 2.45) is 0 Å². The maximum Gasteiger partial charge on any atom is 0.354 e. The molecule has 1 atom stereocenters. The highest BCUT2D eigenvalue weighted by Crippen LogP contribution is 2.40. The van der Waals surface area contributed by atoms with Crippen LogP contribution in [0.15, 0.2) is 58.0 Å². The molecule has 1 unspecified atom stereocenters. The summed E-state index contributed by atoms with van der Waals surface area (Å²) >= 11 is 1.47. The van der Waals surface area contributed by atoms with Crippen molar-refractivity contribution in [3.63, 3.8) is 0 Å². The number of aromatic nitrogens is 2. The van der Waals surface area contributed by atoms with E-state index in [1.54, 1.807) is 0 Å². The number of benzene rings is 1.